The van der Waals surface area contributed by atoms with Crippen LogP contribution in [-0.4, -0.2) is 49.7 Å². The Balaban J connectivity index is 1.49. The Hall–Kier alpha value is -2.88. The Bertz CT molecular complexity index is 980. The van der Waals surface area contributed by atoms with Crippen molar-refractivity contribution in [2.45, 2.75) is 44.2 Å². The maximum Gasteiger partial charge on any atom is 0.322 e. The first-order valence-corrected chi connectivity index (χ1v) is 11.1. The SMILES string of the molecule is CC(C)c1nnc(NC(=O)CSc2nnc(N3CCCCC3)n2-c2ccccc2)o1. The molecule has 0 saturated carbocycles. The van der Waals surface area contributed by atoms with E-state index in [2.05, 4.69) is 30.6 Å². The van der Waals surface area contributed by atoms with Crippen LogP contribution in [0.1, 0.15) is 44.9 Å². The standard InChI is InChI=1S/C20H25N7O2S/c1-14(2)17-22-23-18(29-17)21-16(28)13-30-20-25-24-19(26-11-7-4-8-12-26)27(20)15-9-5-3-6-10-15/h3,5-6,9-10,14H,4,7-8,11-13H2,1-2H3,(H,21,23,28). The van der Waals surface area contributed by atoms with E-state index >= 15 is 0 Å². The number of anilines is 2. The predicted octanol–water partition coefficient (Wildman–Crippen LogP) is 3.49. The summed E-state index contributed by atoms with van der Waals surface area (Å²) in [4.78, 5) is 14.7. The van der Waals surface area contributed by atoms with E-state index in [1.807, 2.05) is 48.7 Å². The number of thioether (sulfide) groups is 1. The molecule has 158 valence electrons. The van der Waals surface area contributed by atoms with Crippen molar-refractivity contribution in [3.8, 4) is 5.69 Å². The van der Waals surface area contributed by atoms with Gasteiger partial charge in [-0.2, -0.15) is 0 Å². The highest BCUT2D eigenvalue weighted by Gasteiger charge is 2.22. The van der Waals surface area contributed by atoms with E-state index in [9.17, 15) is 4.79 Å². The summed E-state index contributed by atoms with van der Waals surface area (Å²) in [6.07, 6.45) is 3.54. The molecule has 0 spiro atoms. The number of benzene rings is 1. The average Bonchev–Trinajstić information content (AvgIpc) is 3.41. The first-order chi connectivity index (χ1) is 14.6. The summed E-state index contributed by atoms with van der Waals surface area (Å²) in [6, 6.07) is 10.1. The van der Waals surface area contributed by atoms with E-state index < -0.39 is 0 Å². The highest BCUT2D eigenvalue weighted by Crippen LogP contribution is 2.28. The number of hydrogen-bond acceptors (Lipinski definition) is 8. The number of nitrogens with zero attached hydrogens (tertiary/aromatic N) is 6. The largest absolute Gasteiger partial charge is 0.408 e. The maximum atomic E-state index is 12.4. The summed E-state index contributed by atoms with van der Waals surface area (Å²) in [5.74, 6) is 1.34. The third-order valence-corrected chi connectivity index (χ3v) is 5.71. The van der Waals surface area contributed by atoms with Gasteiger partial charge in [-0.1, -0.05) is 48.9 Å². The van der Waals surface area contributed by atoms with Crippen molar-refractivity contribution in [1.82, 2.24) is 25.0 Å². The molecule has 0 aliphatic carbocycles. The molecule has 1 N–H and O–H groups in total. The molecule has 1 saturated heterocycles. The van der Waals surface area contributed by atoms with Gasteiger partial charge >= 0.3 is 6.01 Å². The lowest BCUT2D eigenvalue weighted by Gasteiger charge is -2.27. The van der Waals surface area contributed by atoms with Gasteiger partial charge in [0, 0.05) is 19.0 Å². The molecule has 9 nitrogen and oxygen atoms in total. The number of carbonyl (C=O) groups excluding carboxylic acids is 1. The molecule has 4 rings (SSSR count). The third kappa shape index (κ3) is 4.64. The normalized spacial score (nSPS) is 14.3. The molecule has 1 fully saturated rings. The van der Waals surface area contributed by atoms with Crippen LogP contribution in [0.25, 0.3) is 5.69 Å². The van der Waals surface area contributed by atoms with Crippen LogP contribution in [0.5, 0.6) is 0 Å². The Labute approximate surface area is 179 Å². The number of hydrogen-bond donors (Lipinski definition) is 1. The summed E-state index contributed by atoms with van der Waals surface area (Å²) in [5.41, 5.74) is 0.976. The average molecular weight is 428 g/mol. The minimum Gasteiger partial charge on any atom is -0.408 e. The van der Waals surface area contributed by atoms with E-state index in [0.717, 1.165) is 37.6 Å². The third-order valence-electron chi connectivity index (χ3n) is 4.78. The summed E-state index contributed by atoms with van der Waals surface area (Å²) in [5, 5.41) is 19.9. The minimum atomic E-state index is -0.235. The number of nitrogens with one attached hydrogen (secondary N) is 1. The first kappa shape index (κ1) is 20.4. The molecule has 3 aromatic rings. The van der Waals surface area contributed by atoms with Crippen molar-refractivity contribution in [3.05, 3.63) is 36.2 Å². The van der Waals surface area contributed by atoms with Gasteiger partial charge in [0.15, 0.2) is 5.16 Å². The lowest BCUT2D eigenvalue weighted by atomic mass is 10.1. The monoisotopic (exact) mass is 427 g/mol. The van der Waals surface area contributed by atoms with Crippen LogP contribution in [0.15, 0.2) is 39.9 Å². The Morgan fingerprint density at radius 1 is 1.10 bits per heavy atom. The molecule has 0 atom stereocenters. The first-order valence-electron chi connectivity index (χ1n) is 10.1. The second-order valence-electron chi connectivity index (χ2n) is 7.44. The van der Waals surface area contributed by atoms with Crippen LogP contribution in [-0.2, 0) is 4.79 Å². The topological polar surface area (TPSA) is 102 Å². The quantitative estimate of drug-likeness (QED) is 0.572. The molecule has 0 radical (unpaired) electrons. The van der Waals surface area contributed by atoms with Crippen molar-refractivity contribution < 1.29 is 9.21 Å². The zero-order valence-corrected chi connectivity index (χ0v) is 17.9. The van der Waals surface area contributed by atoms with Crippen molar-refractivity contribution >= 4 is 29.6 Å². The van der Waals surface area contributed by atoms with Crippen molar-refractivity contribution in [2.75, 3.05) is 29.1 Å². The van der Waals surface area contributed by atoms with Gasteiger partial charge in [0.05, 0.1) is 11.4 Å². The molecular formula is C20H25N7O2S. The number of para-hydroxylation sites is 1. The van der Waals surface area contributed by atoms with Gasteiger partial charge < -0.3 is 9.32 Å². The van der Waals surface area contributed by atoms with E-state index in [-0.39, 0.29) is 23.6 Å². The molecule has 0 unspecified atom stereocenters. The second kappa shape index (κ2) is 9.29. The Morgan fingerprint density at radius 3 is 2.57 bits per heavy atom. The van der Waals surface area contributed by atoms with Gasteiger partial charge in [0.25, 0.3) is 0 Å². The molecule has 0 bridgehead atoms. The Morgan fingerprint density at radius 2 is 1.87 bits per heavy atom. The molecule has 10 heteroatoms. The highest BCUT2D eigenvalue weighted by molar-refractivity contribution is 7.99. The van der Waals surface area contributed by atoms with Gasteiger partial charge in [-0.3, -0.25) is 14.7 Å². The maximum absolute atomic E-state index is 12.4. The van der Waals surface area contributed by atoms with Gasteiger partial charge in [-0.15, -0.1) is 15.3 Å². The lowest BCUT2D eigenvalue weighted by Crippen LogP contribution is -2.31. The number of amides is 1. The number of carbonyl (C=O) groups is 1. The number of piperidine rings is 1. The van der Waals surface area contributed by atoms with Crippen LogP contribution >= 0.6 is 11.8 Å². The van der Waals surface area contributed by atoms with Gasteiger partial charge in [0.2, 0.25) is 17.7 Å². The number of rotatable bonds is 7. The molecule has 3 heterocycles. The van der Waals surface area contributed by atoms with Crippen molar-refractivity contribution in [1.29, 1.82) is 0 Å². The molecule has 1 amide bonds. The van der Waals surface area contributed by atoms with E-state index in [4.69, 9.17) is 4.42 Å². The molecule has 1 aliphatic rings. The van der Waals surface area contributed by atoms with E-state index in [0.29, 0.717) is 11.0 Å². The van der Waals surface area contributed by atoms with Gasteiger partial charge in [-0.05, 0) is 31.4 Å². The smallest absolute Gasteiger partial charge is 0.322 e. The number of aromatic nitrogens is 5. The molecular weight excluding hydrogens is 402 g/mol. The fourth-order valence-corrected chi connectivity index (χ4v) is 4.01. The summed E-state index contributed by atoms with van der Waals surface area (Å²) >= 11 is 1.33. The molecule has 2 aromatic heterocycles. The molecule has 30 heavy (non-hydrogen) atoms. The second-order valence-corrected chi connectivity index (χ2v) is 8.38. The van der Waals surface area contributed by atoms with Crippen LogP contribution in [0.3, 0.4) is 0 Å². The molecule has 1 aliphatic heterocycles. The zero-order chi connectivity index (χ0) is 20.9. The van der Waals surface area contributed by atoms with Crippen molar-refractivity contribution in [2.24, 2.45) is 0 Å². The predicted molar refractivity (Wildman–Crippen MR) is 115 cm³/mol. The van der Waals surface area contributed by atoms with Crippen LogP contribution in [0.4, 0.5) is 12.0 Å². The van der Waals surface area contributed by atoms with Crippen LogP contribution < -0.4 is 10.2 Å². The fourth-order valence-electron chi connectivity index (χ4n) is 3.26. The van der Waals surface area contributed by atoms with E-state index in [1.165, 1.54) is 18.2 Å². The molecule has 1 aromatic carbocycles. The van der Waals surface area contributed by atoms with E-state index in [1.54, 1.807) is 0 Å². The van der Waals surface area contributed by atoms with Crippen LogP contribution in [0, 0.1) is 0 Å². The van der Waals surface area contributed by atoms with Crippen molar-refractivity contribution in [3.63, 3.8) is 0 Å². The lowest BCUT2D eigenvalue weighted by molar-refractivity contribution is -0.113. The van der Waals surface area contributed by atoms with Crippen LogP contribution in [0.2, 0.25) is 0 Å². The fraction of sp³-hybridized carbons (Fsp3) is 0.450. The zero-order valence-electron chi connectivity index (χ0n) is 17.1. The Kier molecular flexibility index (Phi) is 6.32. The summed E-state index contributed by atoms with van der Waals surface area (Å²) in [6.45, 7) is 5.83. The summed E-state index contributed by atoms with van der Waals surface area (Å²) in [7, 11) is 0. The van der Waals surface area contributed by atoms with Gasteiger partial charge in [-0.25, -0.2) is 0 Å². The minimum absolute atomic E-state index is 0.107. The highest BCUT2D eigenvalue weighted by atomic mass is 32.2. The van der Waals surface area contributed by atoms with Gasteiger partial charge in [0.1, 0.15) is 0 Å². The summed E-state index contributed by atoms with van der Waals surface area (Å²) < 4.78 is 7.46.